The van der Waals surface area contributed by atoms with Crippen LogP contribution >= 0.6 is 0 Å². The fourth-order valence-electron chi connectivity index (χ4n) is 1.53. The van der Waals surface area contributed by atoms with Gasteiger partial charge in [-0.2, -0.15) is 0 Å². The molecule has 0 spiro atoms. The summed E-state index contributed by atoms with van der Waals surface area (Å²) in [5, 5.41) is 13.7. The Kier molecular flexibility index (Phi) is 26.4. The van der Waals surface area contributed by atoms with E-state index in [4.69, 9.17) is 0 Å². The molecule has 1 heterocycles. The Morgan fingerprint density at radius 2 is 0.647 bits per heavy atom. The molecule has 0 bridgehead atoms. The van der Waals surface area contributed by atoms with Crippen LogP contribution in [0.25, 0.3) is 0 Å². The standard InChI is InChI=1S/C10H24N4.2ClH.Ru/c1-3-11-7-9-13-5-2-6-14-10-8-12-4-1;;;/h11-14H,1-10H2;2*1H;/q;;;+2/p-2. The van der Waals surface area contributed by atoms with Gasteiger partial charge in [-0.15, -0.1) is 0 Å². The third-order valence-corrected chi connectivity index (χ3v) is 2.37. The van der Waals surface area contributed by atoms with Gasteiger partial charge in [0.05, 0.1) is 0 Å². The van der Waals surface area contributed by atoms with Crippen LogP contribution < -0.4 is 46.1 Å². The van der Waals surface area contributed by atoms with E-state index in [1.165, 1.54) is 12.8 Å². The normalized spacial score (nSPS) is 19.8. The molecule has 1 rings (SSSR count). The van der Waals surface area contributed by atoms with Crippen molar-refractivity contribution in [1.82, 2.24) is 21.3 Å². The van der Waals surface area contributed by atoms with Crippen molar-refractivity contribution >= 4 is 0 Å². The minimum absolute atomic E-state index is 0. The summed E-state index contributed by atoms with van der Waals surface area (Å²) in [6.07, 6.45) is 2.44. The average molecular weight is 372 g/mol. The van der Waals surface area contributed by atoms with Gasteiger partial charge in [0, 0.05) is 26.2 Å². The van der Waals surface area contributed by atoms with Crippen molar-refractivity contribution in [2.45, 2.75) is 12.8 Å². The fraction of sp³-hybridized carbons (Fsp3) is 1.00. The van der Waals surface area contributed by atoms with E-state index >= 15 is 0 Å². The zero-order valence-electron chi connectivity index (χ0n) is 10.2. The van der Waals surface area contributed by atoms with Crippen molar-refractivity contribution in [3.05, 3.63) is 0 Å². The van der Waals surface area contributed by atoms with Crippen LogP contribution in [-0.4, -0.2) is 52.4 Å². The maximum Gasteiger partial charge on any atom is 2.00 e. The molecule has 7 heteroatoms. The van der Waals surface area contributed by atoms with E-state index in [-0.39, 0.29) is 44.3 Å². The molecule has 1 fully saturated rings. The Balaban J connectivity index is -0.000000653. The topological polar surface area (TPSA) is 48.1 Å². The summed E-state index contributed by atoms with van der Waals surface area (Å²) < 4.78 is 0. The van der Waals surface area contributed by atoms with E-state index in [0.717, 1.165) is 52.4 Å². The number of rotatable bonds is 0. The van der Waals surface area contributed by atoms with Gasteiger partial charge in [-0.3, -0.25) is 0 Å². The molecule has 0 aliphatic carbocycles. The molecule has 0 radical (unpaired) electrons. The molecule has 1 saturated heterocycles. The zero-order chi connectivity index (χ0) is 9.90. The van der Waals surface area contributed by atoms with Crippen molar-refractivity contribution in [2.75, 3.05) is 52.4 Å². The summed E-state index contributed by atoms with van der Waals surface area (Å²) in [5.41, 5.74) is 0. The van der Waals surface area contributed by atoms with Gasteiger partial charge in [0.2, 0.25) is 0 Å². The molecule has 0 atom stereocenters. The van der Waals surface area contributed by atoms with Crippen LogP contribution in [0.1, 0.15) is 12.8 Å². The van der Waals surface area contributed by atoms with Gasteiger partial charge < -0.3 is 46.1 Å². The molecule has 0 amide bonds. The van der Waals surface area contributed by atoms with Crippen molar-refractivity contribution in [3.8, 4) is 0 Å². The Bertz CT molecular complexity index is 79.6. The number of hydrogen-bond donors (Lipinski definition) is 4. The molecular weight excluding hydrogens is 348 g/mol. The maximum absolute atomic E-state index is 3.42. The molecule has 0 aromatic carbocycles. The fourth-order valence-corrected chi connectivity index (χ4v) is 1.53. The first-order valence-electron chi connectivity index (χ1n) is 5.83. The van der Waals surface area contributed by atoms with Crippen molar-refractivity contribution in [2.24, 2.45) is 0 Å². The largest absolute Gasteiger partial charge is 2.00 e. The van der Waals surface area contributed by atoms with Gasteiger partial charge >= 0.3 is 19.5 Å². The van der Waals surface area contributed by atoms with Crippen LogP contribution in [0.2, 0.25) is 0 Å². The second kappa shape index (κ2) is 19.4. The molecule has 0 unspecified atom stereocenters. The van der Waals surface area contributed by atoms with Crippen LogP contribution in [0.15, 0.2) is 0 Å². The Labute approximate surface area is 130 Å². The van der Waals surface area contributed by atoms with E-state index in [9.17, 15) is 0 Å². The molecule has 0 aromatic heterocycles. The molecule has 17 heavy (non-hydrogen) atoms. The summed E-state index contributed by atoms with van der Waals surface area (Å²) in [4.78, 5) is 0. The van der Waals surface area contributed by atoms with Gasteiger partial charge in [-0.05, 0) is 39.0 Å². The van der Waals surface area contributed by atoms with E-state index in [1.807, 2.05) is 0 Å². The summed E-state index contributed by atoms with van der Waals surface area (Å²) in [6, 6.07) is 0. The van der Waals surface area contributed by atoms with Crippen LogP contribution in [0.5, 0.6) is 0 Å². The zero-order valence-corrected chi connectivity index (χ0v) is 13.4. The predicted octanol–water partition coefficient (Wildman–Crippen LogP) is -6.86. The quantitative estimate of drug-likeness (QED) is 0.320. The first kappa shape index (κ1) is 23.2. The van der Waals surface area contributed by atoms with Crippen LogP contribution in [0, 0.1) is 0 Å². The average Bonchev–Trinajstić information content (AvgIpc) is 2.22. The number of halogens is 2. The number of nitrogens with one attached hydrogen (secondary N) is 4. The van der Waals surface area contributed by atoms with Crippen LogP contribution in [0.4, 0.5) is 0 Å². The van der Waals surface area contributed by atoms with Crippen molar-refractivity contribution < 1.29 is 44.3 Å². The molecule has 4 nitrogen and oxygen atoms in total. The Morgan fingerprint density at radius 1 is 0.412 bits per heavy atom. The molecule has 106 valence electrons. The van der Waals surface area contributed by atoms with Crippen molar-refractivity contribution in [3.63, 3.8) is 0 Å². The smallest absolute Gasteiger partial charge is 1.00 e. The van der Waals surface area contributed by atoms with Gasteiger partial charge in [0.25, 0.3) is 0 Å². The number of hydrogen-bond acceptors (Lipinski definition) is 4. The van der Waals surface area contributed by atoms with E-state index in [1.54, 1.807) is 0 Å². The van der Waals surface area contributed by atoms with Crippen LogP contribution in [0.3, 0.4) is 0 Å². The van der Waals surface area contributed by atoms with E-state index < -0.39 is 0 Å². The summed E-state index contributed by atoms with van der Waals surface area (Å²) in [5.74, 6) is 0. The predicted molar refractivity (Wildman–Crippen MR) is 60.7 cm³/mol. The first-order valence-corrected chi connectivity index (χ1v) is 5.83. The van der Waals surface area contributed by atoms with Crippen LogP contribution in [-0.2, 0) is 19.5 Å². The summed E-state index contributed by atoms with van der Waals surface area (Å²) in [7, 11) is 0. The minimum atomic E-state index is 0. The third kappa shape index (κ3) is 17.0. The first-order chi connectivity index (χ1) is 7.00. The second-order valence-electron chi connectivity index (χ2n) is 3.71. The van der Waals surface area contributed by atoms with Gasteiger partial charge in [-0.25, -0.2) is 0 Å². The molecular formula is C10H24Cl2N4Ru. The van der Waals surface area contributed by atoms with Gasteiger partial charge in [0.1, 0.15) is 0 Å². The molecule has 0 aromatic rings. The maximum atomic E-state index is 3.42. The third-order valence-electron chi connectivity index (χ3n) is 2.37. The Morgan fingerprint density at radius 3 is 0.882 bits per heavy atom. The molecule has 4 N–H and O–H groups in total. The SMILES string of the molecule is C1CNCCNCCCNCCNC1.[Cl-].[Cl-].[Ru+2]. The summed E-state index contributed by atoms with van der Waals surface area (Å²) >= 11 is 0. The molecule has 0 saturated carbocycles. The minimum Gasteiger partial charge on any atom is -1.00 e. The Hall–Kier alpha value is 1.04. The van der Waals surface area contributed by atoms with Crippen molar-refractivity contribution in [1.29, 1.82) is 0 Å². The van der Waals surface area contributed by atoms with E-state index in [2.05, 4.69) is 21.3 Å². The van der Waals surface area contributed by atoms with Gasteiger partial charge in [-0.1, -0.05) is 0 Å². The summed E-state index contributed by atoms with van der Waals surface area (Å²) in [6.45, 7) is 8.87. The second-order valence-corrected chi connectivity index (χ2v) is 3.71. The van der Waals surface area contributed by atoms with Gasteiger partial charge in [0.15, 0.2) is 0 Å². The molecule has 1 aliphatic heterocycles. The molecule has 1 aliphatic rings. The monoisotopic (exact) mass is 372 g/mol. The van der Waals surface area contributed by atoms with E-state index in [0.29, 0.717) is 0 Å².